The third kappa shape index (κ3) is 3.98. The van der Waals surface area contributed by atoms with Gasteiger partial charge in [-0.05, 0) is 69.0 Å². The number of benzene rings is 2. The van der Waals surface area contributed by atoms with Crippen molar-refractivity contribution in [3.05, 3.63) is 53.1 Å². The van der Waals surface area contributed by atoms with Crippen molar-refractivity contribution in [3.8, 4) is 23.0 Å². The molecule has 0 aliphatic carbocycles. The second-order valence-electron chi connectivity index (χ2n) is 8.75. The number of hydrogen-bond donors (Lipinski definition) is 0. The molecule has 1 fully saturated rings. The lowest BCUT2D eigenvalue weighted by molar-refractivity contribution is 0.419. The van der Waals surface area contributed by atoms with Crippen molar-refractivity contribution < 1.29 is 17.4 Å². The number of rotatable bonds is 4. The molecule has 172 valence electrons. The summed E-state index contributed by atoms with van der Waals surface area (Å²) in [5, 5.41) is 4.85. The molecule has 0 amide bonds. The molecule has 0 bridgehead atoms. The molecule has 1 aliphatic rings. The first kappa shape index (κ1) is 21.9. The molecule has 0 N–H and O–H groups in total. The quantitative estimate of drug-likeness (QED) is 0.387. The molecule has 0 unspecified atom stereocenters. The average molecular weight is 466 g/mol. The highest BCUT2D eigenvalue weighted by atomic mass is 32.2. The van der Waals surface area contributed by atoms with Crippen LogP contribution in [0, 0.1) is 20.8 Å². The fraction of sp³-hybridized carbons (Fsp3) is 0.360. The van der Waals surface area contributed by atoms with Crippen LogP contribution in [0.25, 0.3) is 34.0 Å². The van der Waals surface area contributed by atoms with Gasteiger partial charge in [0.05, 0.1) is 4.90 Å². The topological polar surface area (TPSA) is 89.4 Å². The number of hydrogen-bond acceptors (Lipinski definition) is 6. The van der Waals surface area contributed by atoms with Crippen molar-refractivity contribution in [2.75, 3.05) is 13.1 Å². The van der Waals surface area contributed by atoms with Crippen LogP contribution >= 0.6 is 0 Å². The third-order valence-corrected chi connectivity index (χ3v) is 8.39. The van der Waals surface area contributed by atoms with Gasteiger partial charge >= 0.3 is 0 Å². The van der Waals surface area contributed by atoms with Crippen molar-refractivity contribution in [3.63, 3.8) is 0 Å². The normalized spacial score (nSPS) is 15.7. The Kier molecular flexibility index (Phi) is 5.58. The van der Waals surface area contributed by atoms with Gasteiger partial charge in [0.25, 0.3) is 5.89 Å². The largest absolute Gasteiger partial charge is 0.451 e. The van der Waals surface area contributed by atoms with Gasteiger partial charge in [-0.25, -0.2) is 8.42 Å². The zero-order valence-electron chi connectivity index (χ0n) is 19.1. The van der Waals surface area contributed by atoms with Gasteiger partial charge in [0.1, 0.15) is 5.58 Å². The fourth-order valence-corrected chi connectivity index (χ4v) is 5.85. The number of fused-ring (bicyclic) bond motifs is 1. The summed E-state index contributed by atoms with van der Waals surface area (Å²) in [7, 11) is -3.55. The summed E-state index contributed by atoms with van der Waals surface area (Å²) in [5.41, 5.74) is 4.57. The van der Waals surface area contributed by atoms with Crippen molar-refractivity contribution in [1.82, 2.24) is 14.4 Å². The number of sulfonamides is 1. The van der Waals surface area contributed by atoms with Gasteiger partial charge in [0.2, 0.25) is 15.8 Å². The van der Waals surface area contributed by atoms with E-state index in [0.717, 1.165) is 47.8 Å². The average Bonchev–Trinajstić information content (AvgIpc) is 3.29. The smallest absolute Gasteiger partial charge is 0.294 e. The Balaban J connectivity index is 1.50. The van der Waals surface area contributed by atoms with Gasteiger partial charge < -0.3 is 8.94 Å². The van der Waals surface area contributed by atoms with Gasteiger partial charge in [-0.15, -0.1) is 0 Å². The van der Waals surface area contributed by atoms with Gasteiger partial charge in [0, 0.05) is 29.6 Å². The zero-order valence-corrected chi connectivity index (χ0v) is 19.9. The minimum atomic E-state index is -3.55. The molecular formula is C25H27N3O4S. The predicted octanol–water partition coefficient (Wildman–Crippen LogP) is 5.64. The summed E-state index contributed by atoms with van der Waals surface area (Å²) in [6.07, 6.45) is 3.94. The second-order valence-corrected chi connectivity index (χ2v) is 10.7. The minimum Gasteiger partial charge on any atom is -0.451 e. The molecule has 2 aromatic carbocycles. The molecule has 1 saturated heterocycles. The van der Waals surface area contributed by atoms with E-state index in [2.05, 4.69) is 17.1 Å². The van der Waals surface area contributed by atoms with Crippen LogP contribution in [0.3, 0.4) is 0 Å². The van der Waals surface area contributed by atoms with E-state index in [-0.39, 0.29) is 10.8 Å². The van der Waals surface area contributed by atoms with Crippen molar-refractivity contribution in [2.24, 2.45) is 0 Å². The minimum absolute atomic E-state index is 0.272. The lowest BCUT2D eigenvalue weighted by Gasteiger charge is -2.19. The van der Waals surface area contributed by atoms with E-state index in [0.29, 0.717) is 30.3 Å². The van der Waals surface area contributed by atoms with Crippen LogP contribution in [-0.4, -0.2) is 36.0 Å². The highest BCUT2D eigenvalue weighted by Crippen LogP contribution is 2.35. The maximum Gasteiger partial charge on any atom is 0.294 e. The summed E-state index contributed by atoms with van der Waals surface area (Å²) < 4.78 is 39.6. The van der Waals surface area contributed by atoms with Crippen LogP contribution in [-0.2, 0) is 10.0 Å². The summed E-state index contributed by atoms with van der Waals surface area (Å²) in [6, 6.07) is 11.0. The van der Waals surface area contributed by atoms with Crippen molar-refractivity contribution in [2.45, 2.75) is 51.3 Å². The molecule has 4 aromatic rings. The molecule has 0 saturated carbocycles. The first-order chi connectivity index (χ1) is 15.8. The fourth-order valence-electron chi connectivity index (χ4n) is 4.31. The van der Waals surface area contributed by atoms with Crippen molar-refractivity contribution >= 4 is 21.0 Å². The van der Waals surface area contributed by atoms with Crippen LogP contribution < -0.4 is 0 Å². The Morgan fingerprint density at radius 3 is 2.39 bits per heavy atom. The number of nitrogens with zero attached hydrogens (tertiary/aromatic N) is 3. The van der Waals surface area contributed by atoms with Crippen molar-refractivity contribution in [1.29, 1.82) is 0 Å². The maximum absolute atomic E-state index is 13.2. The Labute approximate surface area is 193 Å². The number of furan rings is 1. The van der Waals surface area contributed by atoms with Gasteiger partial charge in [-0.1, -0.05) is 30.1 Å². The number of aromatic nitrogens is 2. The monoisotopic (exact) mass is 465 g/mol. The summed E-state index contributed by atoms with van der Waals surface area (Å²) >= 11 is 0. The highest BCUT2D eigenvalue weighted by Gasteiger charge is 2.27. The SMILES string of the molecule is Cc1ccc(-c2noc(-c3oc4ccc(S(=O)(=O)N5CCCCCC5)cc4c3C)n2)cc1C. The van der Waals surface area contributed by atoms with Gasteiger partial charge in [-0.3, -0.25) is 0 Å². The van der Waals surface area contributed by atoms with E-state index in [1.54, 1.807) is 22.5 Å². The number of aryl methyl sites for hydroxylation is 3. The van der Waals surface area contributed by atoms with Crippen LogP contribution in [0.4, 0.5) is 0 Å². The Bertz CT molecular complexity index is 1430. The van der Waals surface area contributed by atoms with Crippen LogP contribution in [0.5, 0.6) is 0 Å². The van der Waals surface area contributed by atoms with E-state index in [9.17, 15) is 8.42 Å². The van der Waals surface area contributed by atoms with Crippen LogP contribution in [0.2, 0.25) is 0 Å². The molecule has 0 spiro atoms. The van der Waals surface area contributed by atoms with E-state index < -0.39 is 10.0 Å². The standard InChI is InChI=1S/C25H27N3O4S/c1-16-8-9-19(14-17(16)2)24-26-25(32-27-24)23-18(3)21-15-20(10-11-22(21)31-23)33(29,30)28-12-6-4-5-7-13-28/h8-11,14-15H,4-7,12-13H2,1-3H3. The first-order valence-corrected chi connectivity index (χ1v) is 12.7. The van der Waals surface area contributed by atoms with E-state index in [4.69, 9.17) is 8.94 Å². The highest BCUT2D eigenvalue weighted by molar-refractivity contribution is 7.89. The van der Waals surface area contributed by atoms with E-state index in [1.165, 1.54) is 5.56 Å². The lowest BCUT2D eigenvalue weighted by atomic mass is 10.1. The summed E-state index contributed by atoms with van der Waals surface area (Å²) in [5.74, 6) is 1.21. The molecule has 1 aliphatic heterocycles. The van der Waals surface area contributed by atoms with Gasteiger partial charge in [0.15, 0.2) is 5.76 Å². The Morgan fingerprint density at radius 1 is 0.909 bits per heavy atom. The summed E-state index contributed by atoms with van der Waals surface area (Å²) in [6.45, 7) is 7.11. The van der Waals surface area contributed by atoms with E-state index in [1.807, 2.05) is 32.0 Å². The van der Waals surface area contributed by atoms with E-state index >= 15 is 0 Å². The predicted molar refractivity (Wildman–Crippen MR) is 126 cm³/mol. The Hall–Kier alpha value is -2.97. The lowest BCUT2D eigenvalue weighted by Crippen LogP contribution is -2.31. The first-order valence-electron chi connectivity index (χ1n) is 11.3. The molecule has 7 nitrogen and oxygen atoms in total. The van der Waals surface area contributed by atoms with Crippen LogP contribution in [0.15, 0.2) is 50.2 Å². The molecule has 0 radical (unpaired) electrons. The maximum atomic E-state index is 13.2. The van der Waals surface area contributed by atoms with Crippen LogP contribution in [0.1, 0.15) is 42.4 Å². The molecule has 3 heterocycles. The summed E-state index contributed by atoms with van der Waals surface area (Å²) in [4.78, 5) is 4.82. The molecular weight excluding hydrogens is 438 g/mol. The molecule has 2 aromatic heterocycles. The second kappa shape index (κ2) is 8.43. The molecule has 5 rings (SSSR count). The third-order valence-electron chi connectivity index (χ3n) is 6.50. The van der Waals surface area contributed by atoms with Gasteiger partial charge in [-0.2, -0.15) is 9.29 Å². The molecule has 33 heavy (non-hydrogen) atoms. The zero-order chi connectivity index (χ0) is 23.2. The molecule has 8 heteroatoms. The molecule has 0 atom stereocenters. The Morgan fingerprint density at radius 2 is 1.67 bits per heavy atom.